The summed E-state index contributed by atoms with van der Waals surface area (Å²) < 4.78 is 5.82. The molecule has 1 atom stereocenters. The van der Waals surface area contributed by atoms with Crippen molar-refractivity contribution in [2.24, 2.45) is 0 Å². The van der Waals surface area contributed by atoms with E-state index in [1.807, 2.05) is 32.9 Å². The third-order valence-corrected chi connectivity index (χ3v) is 3.60. The van der Waals surface area contributed by atoms with E-state index in [0.717, 1.165) is 18.9 Å². The molecule has 0 aliphatic carbocycles. The molecule has 5 heteroatoms. The number of nitrogens with two attached hydrogens (primary N) is 1. The van der Waals surface area contributed by atoms with Crippen LogP contribution in [0.2, 0.25) is 0 Å². The monoisotopic (exact) mass is 292 g/mol. The molecular weight excluding hydrogens is 264 g/mol. The summed E-state index contributed by atoms with van der Waals surface area (Å²) >= 11 is 0. The molecule has 1 aliphatic heterocycles. The molecule has 5 nitrogen and oxygen atoms in total. The van der Waals surface area contributed by atoms with Crippen molar-refractivity contribution in [1.29, 1.82) is 0 Å². The van der Waals surface area contributed by atoms with E-state index in [0.29, 0.717) is 17.6 Å². The second-order valence-corrected chi connectivity index (χ2v) is 6.68. The lowest BCUT2D eigenvalue weighted by Gasteiger charge is -2.32. The fourth-order valence-corrected chi connectivity index (χ4v) is 2.57. The summed E-state index contributed by atoms with van der Waals surface area (Å²) in [4.78, 5) is 6.99. The first-order chi connectivity index (χ1) is 9.87. The summed E-state index contributed by atoms with van der Waals surface area (Å²) in [5, 5.41) is 3.51. The molecule has 3 N–H and O–H groups in total. The van der Waals surface area contributed by atoms with Crippen LogP contribution in [-0.4, -0.2) is 41.2 Å². The zero-order valence-corrected chi connectivity index (χ0v) is 13.6. The molecular formula is C16H28N4O. The fourth-order valence-electron chi connectivity index (χ4n) is 2.57. The SMILES string of the molecule is CCN1CCCC(Nc2ccc(N)c(OC(C)(C)C)n2)C1. The highest BCUT2D eigenvalue weighted by molar-refractivity contribution is 5.54. The molecule has 0 amide bonds. The minimum absolute atomic E-state index is 0.302. The van der Waals surface area contributed by atoms with Gasteiger partial charge in [0.2, 0.25) is 5.88 Å². The second-order valence-electron chi connectivity index (χ2n) is 6.68. The Bertz CT molecular complexity index is 470. The van der Waals surface area contributed by atoms with Gasteiger partial charge in [0.15, 0.2) is 0 Å². The van der Waals surface area contributed by atoms with Crippen molar-refractivity contribution in [3.63, 3.8) is 0 Å². The summed E-state index contributed by atoms with van der Waals surface area (Å²) in [5.74, 6) is 1.35. The van der Waals surface area contributed by atoms with Gasteiger partial charge in [0.05, 0.1) is 5.69 Å². The van der Waals surface area contributed by atoms with Crippen molar-refractivity contribution in [2.75, 3.05) is 30.7 Å². The molecule has 1 aromatic rings. The van der Waals surface area contributed by atoms with Crippen LogP contribution in [-0.2, 0) is 0 Å². The van der Waals surface area contributed by atoms with Gasteiger partial charge >= 0.3 is 0 Å². The van der Waals surface area contributed by atoms with E-state index in [1.54, 1.807) is 0 Å². The van der Waals surface area contributed by atoms with Gasteiger partial charge in [-0.1, -0.05) is 6.92 Å². The maximum atomic E-state index is 5.95. The Morgan fingerprint density at radius 3 is 2.86 bits per heavy atom. The third kappa shape index (κ3) is 4.77. The van der Waals surface area contributed by atoms with Gasteiger partial charge in [-0.3, -0.25) is 0 Å². The summed E-state index contributed by atoms with van der Waals surface area (Å²) in [6, 6.07) is 4.23. The Morgan fingerprint density at radius 2 is 2.19 bits per heavy atom. The number of piperidine rings is 1. The normalized spacial score (nSPS) is 20.3. The topological polar surface area (TPSA) is 63.4 Å². The number of nitrogens with zero attached hydrogens (tertiary/aromatic N) is 2. The number of nitrogen functional groups attached to an aromatic ring is 1. The Labute approximate surface area is 127 Å². The second kappa shape index (κ2) is 6.52. The zero-order chi connectivity index (χ0) is 15.5. The number of likely N-dealkylation sites (tertiary alicyclic amines) is 1. The number of hydrogen-bond donors (Lipinski definition) is 2. The molecule has 0 spiro atoms. The zero-order valence-electron chi connectivity index (χ0n) is 13.6. The van der Waals surface area contributed by atoms with E-state index in [-0.39, 0.29) is 5.60 Å². The smallest absolute Gasteiger partial charge is 0.239 e. The van der Waals surface area contributed by atoms with Crippen LogP contribution in [0.15, 0.2) is 12.1 Å². The Balaban J connectivity index is 2.05. The Hall–Kier alpha value is -1.49. The van der Waals surface area contributed by atoms with E-state index in [4.69, 9.17) is 10.5 Å². The van der Waals surface area contributed by atoms with Crippen molar-refractivity contribution in [2.45, 2.75) is 52.2 Å². The summed E-state index contributed by atoms with van der Waals surface area (Å²) in [6.45, 7) is 11.6. The molecule has 2 heterocycles. The molecule has 1 fully saturated rings. The lowest BCUT2D eigenvalue weighted by molar-refractivity contribution is 0.125. The summed E-state index contributed by atoms with van der Waals surface area (Å²) in [7, 11) is 0. The molecule has 1 aliphatic rings. The van der Waals surface area contributed by atoms with Crippen LogP contribution in [0.3, 0.4) is 0 Å². The summed E-state index contributed by atoms with van der Waals surface area (Å²) in [6.07, 6.45) is 2.41. The van der Waals surface area contributed by atoms with Gasteiger partial charge < -0.3 is 20.7 Å². The highest BCUT2D eigenvalue weighted by Gasteiger charge is 2.20. The number of aromatic nitrogens is 1. The van der Waals surface area contributed by atoms with Gasteiger partial charge in [0, 0.05) is 12.6 Å². The van der Waals surface area contributed by atoms with Crippen LogP contribution in [0.4, 0.5) is 11.5 Å². The van der Waals surface area contributed by atoms with Gasteiger partial charge in [-0.15, -0.1) is 0 Å². The van der Waals surface area contributed by atoms with Crippen LogP contribution in [0.1, 0.15) is 40.5 Å². The largest absolute Gasteiger partial charge is 0.470 e. The van der Waals surface area contributed by atoms with Crippen LogP contribution < -0.4 is 15.8 Å². The highest BCUT2D eigenvalue weighted by atomic mass is 16.5. The molecule has 1 unspecified atom stereocenters. The van der Waals surface area contributed by atoms with Gasteiger partial charge in [0.1, 0.15) is 11.4 Å². The average molecular weight is 292 g/mol. The quantitative estimate of drug-likeness (QED) is 0.893. The van der Waals surface area contributed by atoms with Crippen molar-refractivity contribution in [3.05, 3.63) is 12.1 Å². The van der Waals surface area contributed by atoms with Crippen LogP contribution in [0.25, 0.3) is 0 Å². The average Bonchev–Trinajstić information content (AvgIpc) is 2.41. The first kappa shape index (κ1) is 15.9. The molecule has 0 radical (unpaired) electrons. The first-order valence-electron chi connectivity index (χ1n) is 7.82. The minimum Gasteiger partial charge on any atom is -0.470 e. The standard InChI is InChI=1S/C16H28N4O/c1-5-20-10-6-7-12(11-20)18-14-9-8-13(17)15(19-14)21-16(2,3)4/h8-9,12H,5-7,10-11,17H2,1-4H3,(H,18,19). The molecule has 1 saturated heterocycles. The highest BCUT2D eigenvalue weighted by Crippen LogP contribution is 2.25. The predicted molar refractivity (Wildman–Crippen MR) is 87.8 cm³/mol. The van der Waals surface area contributed by atoms with E-state index in [9.17, 15) is 0 Å². The molecule has 118 valence electrons. The van der Waals surface area contributed by atoms with E-state index in [1.165, 1.54) is 19.4 Å². The first-order valence-corrected chi connectivity index (χ1v) is 7.82. The minimum atomic E-state index is -0.302. The van der Waals surface area contributed by atoms with E-state index in [2.05, 4.69) is 22.1 Å². The third-order valence-electron chi connectivity index (χ3n) is 3.60. The maximum absolute atomic E-state index is 5.95. The van der Waals surface area contributed by atoms with Gasteiger partial charge in [-0.05, 0) is 58.8 Å². The Kier molecular flexibility index (Phi) is 4.93. The van der Waals surface area contributed by atoms with Crippen LogP contribution in [0, 0.1) is 0 Å². The molecule has 2 rings (SSSR count). The van der Waals surface area contributed by atoms with Crippen molar-refractivity contribution in [3.8, 4) is 5.88 Å². The lowest BCUT2D eigenvalue weighted by atomic mass is 10.1. The van der Waals surface area contributed by atoms with Crippen molar-refractivity contribution < 1.29 is 4.74 Å². The van der Waals surface area contributed by atoms with Crippen molar-refractivity contribution >= 4 is 11.5 Å². The number of ether oxygens (including phenoxy) is 1. The van der Waals surface area contributed by atoms with Crippen LogP contribution >= 0.6 is 0 Å². The molecule has 21 heavy (non-hydrogen) atoms. The van der Waals surface area contributed by atoms with Gasteiger partial charge in [-0.25, -0.2) is 0 Å². The number of anilines is 2. The number of hydrogen-bond acceptors (Lipinski definition) is 5. The predicted octanol–water partition coefficient (Wildman–Crippen LogP) is 2.74. The Morgan fingerprint density at radius 1 is 1.43 bits per heavy atom. The van der Waals surface area contributed by atoms with Gasteiger partial charge in [0.25, 0.3) is 0 Å². The number of rotatable bonds is 4. The van der Waals surface area contributed by atoms with E-state index >= 15 is 0 Å². The lowest BCUT2D eigenvalue weighted by Crippen LogP contribution is -2.42. The maximum Gasteiger partial charge on any atom is 0.239 e. The summed E-state index contributed by atoms with van der Waals surface area (Å²) in [5.41, 5.74) is 6.23. The molecule has 1 aromatic heterocycles. The molecule has 0 aromatic carbocycles. The van der Waals surface area contributed by atoms with E-state index < -0.39 is 0 Å². The molecule has 0 bridgehead atoms. The van der Waals surface area contributed by atoms with Gasteiger partial charge in [-0.2, -0.15) is 4.98 Å². The van der Waals surface area contributed by atoms with Crippen molar-refractivity contribution in [1.82, 2.24) is 9.88 Å². The van der Waals surface area contributed by atoms with Crippen LogP contribution in [0.5, 0.6) is 5.88 Å². The number of likely N-dealkylation sites (N-methyl/N-ethyl adjacent to an activating group) is 1. The number of pyridine rings is 1. The number of nitrogens with one attached hydrogen (secondary N) is 1. The fraction of sp³-hybridized carbons (Fsp3) is 0.688. The molecule has 0 saturated carbocycles.